The molecule has 0 radical (unpaired) electrons. The summed E-state index contributed by atoms with van der Waals surface area (Å²) in [4.78, 5) is 14.3. The van der Waals surface area contributed by atoms with E-state index < -0.39 is 0 Å². The molecule has 0 atom stereocenters. The first-order valence-electron chi connectivity index (χ1n) is 13.6. The van der Waals surface area contributed by atoms with Crippen LogP contribution in [-0.2, 0) is 4.74 Å². The van der Waals surface area contributed by atoms with Gasteiger partial charge in [-0.15, -0.1) is 0 Å². The summed E-state index contributed by atoms with van der Waals surface area (Å²) in [6.45, 7) is 16.6. The fourth-order valence-corrected chi connectivity index (χ4v) is 4.22. The zero-order chi connectivity index (χ0) is 24.3. The van der Waals surface area contributed by atoms with E-state index in [1.54, 1.807) is 0 Å². The standard InChI is InChI=1S/2C9H20N2.C8H18N2O/c2*1-10(2)8-9-11-6-4-3-5-7-11;1-9(2)3-4-10-5-7-11-8-6-10/h2*3-9H2,1-2H3;3-8H2,1-2H3. The van der Waals surface area contributed by atoms with Gasteiger partial charge >= 0.3 is 0 Å². The van der Waals surface area contributed by atoms with Crippen molar-refractivity contribution in [2.45, 2.75) is 38.5 Å². The zero-order valence-corrected chi connectivity index (χ0v) is 23.2. The number of nitrogens with zero attached hydrogens (tertiary/aromatic N) is 6. The van der Waals surface area contributed by atoms with E-state index >= 15 is 0 Å². The number of hydrogen-bond acceptors (Lipinski definition) is 7. The number of piperidine rings is 2. The topological polar surface area (TPSA) is 28.7 Å². The van der Waals surface area contributed by atoms with Crippen molar-refractivity contribution in [2.24, 2.45) is 0 Å². The molecule has 0 aromatic rings. The molecule has 3 fully saturated rings. The smallest absolute Gasteiger partial charge is 0.0594 e. The molecule has 0 aliphatic carbocycles. The molecule has 0 saturated carbocycles. The molecule has 0 amide bonds. The first-order chi connectivity index (χ1) is 15.9. The number of hydrogen-bond donors (Lipinski definition) is 0. The van der Waals surface area contributed by atoms with Crippen molar-refractivity contribution >= 4 is 0 Å². The normalized spacial score (nSPS) is 21.0. The minimum Gasteiger partial charge on any atom is -0.379 e. The third-order valence-corrected chi connectivity index (χ3v) is 6.59. The number of rotatable bonds is 9. The highest BCUT2D eigenvalue weighted by atomic mass is 16.5. The van der Waals surface area contributed by atoms with Crippen LogP contribution in [0.1, 0.15) is 38.5 Å². The Balaban J connectivity index is 0.000000247. The predicted molar refractivity (Wildman–Crippen MR) is 144 cm³/mol. The molecular weight excluding hydrogens is 412 g/mol. The Bertz CT molecular complexity index is 355. The second-order valence-corrected chi connectivity index (χ2v) is 10.7. The van der Waals surface area contributed by atoms with Gasteiger partial charge in [0.05, 0.1) is 13.2 Å². The number of ether oxygens (including phenoxy) is 1. The van der Waals surface area contributed by atoms with E-state index in [1.807, 2.05) is 0 Å². The summed E-state index contributed by atoms with van der Waals surface area (Å²) in [5.41, 5.74) is 0. The van der Waals surface area contributed by atoms with Crippen LogP contribution in [0.25, 0.3) is 0 Å². The quantitative estimate of drug-likeness (QED) is 0.509. The Morgan fingerprint density at radius 3 is 1.06 bits per heavy atom. The van der Waals surface area contributed by atoms with Crippen molar-refractivity contribution in [1.29, 1.82) is 0 Å². The lowest BCUT2D eigenvalue weighted by atomic mass is 10.1. The van der Waals surface area contributed by atoms with Crippen LogP contribution in [0.4, 0.5) is 0 Å². The SMILES string of the molecule is CN(C)CCN1CCCCC1.CN(C)CCN1CCCCC1.CN(C)CCN1CCOCC1. The molecular formula is C26H58N6O. The van der Waals surface area contributed by atoms with Crippen LogP contribution < -0.4 is 0 Å². The number of likely N-dealkylation sites (N-methyl/N-ethyl adjacent to an activating group) is 3. The molecule has 7 heteroatoms. The molecule has 33 heavy (non-hydrogen) atoms. The Kier molecular flexibility index (Phi) is 18.6. The van der Waals surface area contributed by atoms with Gasteiger partial charge in [0.25, 0.3) is 0 Å². The lowest BCUT2D eigenvalue weighted by Gasteiger charge is -2.27. The Morgan fingerprint density at radius 1 is 0.455 bits per heavy atom. The van der Waals surface area contributed by atoms with Crippen molar-refractivity contribution in [3.05, 3.63) is 0 Å². The van der Waals surface area contributed by atoms with Crippen molar-refractivity contribution in [2.75, 3.05) is 134 Å². The van der Waals surface area contributed by atoms with E-state index in [0.29, 0.717) is 0 Å². The molecule has 0 unspecified atom stereocenters. The van der Waals surface area contributed by atoms with Gasteiger partial charge in [0.2, 0.25) is 0 Å². The van der Waals surface area contributed by atoms with E-state index in [-0.39, 0.29) is 0 Å². The summed E-state index contributed by atoms with van der Waals surface area (Å²) in [5, 5.41) is 0. The molecule has 198 valence electrons. The second-order valence-electron chi connectivity index (χ2n) is 10.7. The Labute approximate surface area is 207 Å². The maximum atomic E-state index is 5.25. The Morgan fingerprint density at radius 2 is 0.758 bits per heavy atom. The van der Waals surface area contributed by atoms with Gasteiger partial charge in [0.1, 0.15) is 0 Å². The van der Waals surface area contributed by atoms with E-state index in [2.05, 4.69) is 71.7 Å². The Hall–Kier alpha value is -0.280. The maximum absolute atomic E-state index is 5.25. The highest BCUT2D eigenvalue weighted by Gasteiger charge is 2.10. The second kappa shape index (κ2) is 20.0. The van der Waals surface area contributed by atoms with Gasteiger partial charge in [0, 0.05) is 52.4 Å². The van der Waals surface area contributed by atoms with Crippen LogP contribution in [0.2, 0.25) is 0 Å². The van der Waals surface area contributed by atoms with E-state index in [0.717, 1.165) is 32.8 Å². The first-order valence-corrected chi connectivity index (χ1v) is 13.6. The van der Waals surface area contributed by atoms with E-state index in [4.69, 9.17) is 4.74 Å². The van der Waals surface area contributed by atoms with Gasteiger partial charge in [-0.25, -0.2) is 0 Å². The van der Waals surface area contributed by atoms with Crippen LogP contribution in [0, 0.1) is 0 Å². The molecule has 0 spiro atoms. The lowest BCUT2D eigenvalue weighted by Crippen LogP contribution is -2.40. The largest absolute Gasteiger partial charge is 0.379 e. The summed E-state index contributed by atoms with van der Waals surface area (Å²) in [6, 6.07) is 0. The lowest BCUT2D eigenvalue weighted by molar-refractivity contribution is 0.0354. The highest BCUT2D eigenvalue weighted by Crippen LogP contribution is 2.08. The van der Waals surface area contributed by atoms with Crippen LogP contribution in [0.3, 0.4) is 0 Å². The van der Waals surface area contributed by atoms with Gasteiger partial charge in [-0.2, -0.15) is 0 Å². The first kappa shape index (κ1) is 30.8. The third-order valence-electron chi connectivity index (χ3n) is 6.59. The van der Waals surface area contributed by atoms with Gasteiger partial charge in [0.15, 0.2) is 0 Å². The van der Waals surface area contributed by atoms with Gasteiger partial charge in [-0.05, 0) is 94.1 Å². The molecule has 0 N–H and O–H groups in total. The molecule has 3 aliphatic rings. The van der Waals surface area contributed by atoms with Crippen LogP contribution >= 0.6 is 0 Å². The van der Waals surface area contributed by atoms with Crippen molar-refractivity contribution < 1.29 is 4.74 Å². The summed E-state index contributed by atoms with van der Waals surface area (Å²) in [7, 11) is 12.8. The summed E-state index contributed by atoms with van der Waals surface area (Å²) in [6.07, 6.45) is 8.53. The van der Waals surface area contributed by atoms with Crippen LogP contribution in [-0.4, -0.2) is 163 Å². The predicted octanol–water partition coefficient (Wildman–Crippen LogP) is 1.95. The summed E-state index contributed by atoms with van der Waals surface area (Å²) in [5.74, 6) is 0. The van der Waals surface area contributed by atoms with Crippen LogP contribution in [0.5, 0.6) is 0 Å². The van der Waals surface area contributed by atoms with Gasteiger partial charge in [-0.3, -0.25) is 4.90 Å². The van der Waals surface area contributed by atoms with Crippen molar-refractivity contribution in [3.63, 3.8) is 0 Å². The van der Waals surface area contributed by atoms with Gasteiger partial charge in [-0.1, -0.05) is 12.8 Å². The van der Waals surface area contributed by atoms with Crippen LogP contribution in [0.15, 0.2) is 0 Å². The average molecular weight is 471 g/mol. The van der Waals surface area contributed by atoms with Crippen molar-refractivity contribution in [3.8, 4) is 0 Å². The fraction of sp³-hybridized carbons (Fsp3) is 1.00. The summed E-state index contributed by atoms with van der Waals surface area (Å²) < 4.78 is 5.25. The van der Waals surface area contributed by atoms with E-state index in [1.165, 1.54) is 97.4 Å². The molecule has 0 bridgehead atoms. The zero-order valence-electron chi connectivity index (χ0n) is 23.2. The molecule has 0 aromatic carbocycles. The minimum atomic E-state index is 0.910. The molecule has 3 aliphatic heterocycles. The molecule has 3 heterocycles. The molecule has 3 saturated heterocycles. The summed E-state index contributed by atoms with van der Waals surface area (Å²) >= 11 is 0. The highest BCUT2D eigenvalue weighted by molar-refractivity contribution is 4.66. The number of likely N-dealkylation sites (tertiary alicyclic amines) is 2. The molecule has 0 aromatic heterocycles. The van der Waals surface area contributed by atoms with Gasteiger partial charge < -0.3 is 29.2 Å². The third kappa shape index (κ3) is 18.7. The van der Waals surface area contributed by atoms with E-state index in [9.17, 15) is 0 Å². The number of morpholine rings is 1. The average Bonchev–Trinajstić information content (AvgIpc) is 2.83. The maximum Gasteiger partial charge on any atom is 0.0594 e. The minimum absolute atomic E-state index is 0.910. The molecule has 7 nitrogen and oxygen atoms in total. The monoisotopic (exact) mass is 470 g/mol. The van der Waals surface area contributed by atoms with Crippen molar-refractivity contribution in [1.82, 2.24) is 29.4 Å². The fourth-order valence-electron chi connectivity index (χ4n) is 4.22. The molecule has 3 rings (SSSR count).